The molecule has 1 N–H and O–H groups in total. The second kappa shape index (κ2) is 6.80. The topological polar surface area (TPSA) is 59.0 Å². The Morgan fingerprint density at radius 1 is 1.38 bits per heavy atom. The number of nitrogens with zero attached hydrogens (tertiary/aromatic N) is 1. The van der Waals surface area contributed by atoms with Crippen LogP contribution in [-0.4, -0.2) is 30.3 Å². The molecule has 1 heterocycles. The third-order valence-electron chi connectivity index (χ3n) is 3.51. The molecule has 21 heavy (non-hydrogen) atoms. The summed E-state index contributed by atoms with van der Waals surface area (Å²) in [6.45, 7) is 6.78. The van der Waals surface area contributed by atoms with Gasteiger partial charge in [-0.2, -0.15) is 0 Å². The Bertz CT molecular complexity index is 515. The third kappa shape index (κ3) is 3.13. The van der Waals surface area contributed by atoms with Gasteiger partial charge in [-0.05, 0) is 38.0 Å². The summed E-state index contributed by atoms with van der Waals surface area (Å²) in [6.07, 6.45) is 1.41. The molecule has 5 heteroatoms. The minimum atomic E-state index is -0.520. The fraction of sp³-hybridized carbons (Fsp3) is 0.562. The zero-order valence-corrected chi connectivity index (χ0v) is 12.9. The molecule has 1 unspecified atom stereocenters. The highest BCUT2D eigenvalue weighted by Gasteiger charge is 2.33. The Kier molecular flexibility index (Phi) is 5.07. The second-order valence-corrected chi connectivity index (χ2v) is 5.14. The molecule has 1 aliphatic heterocycles. The summed E-state index contributed by atoms with van der Waals surface area (Å²) in [5.74, 6) is 1.13. The molecule has 1 aliphatic rings. The van der Waals surface area contributed by atoms with Gasteiger partial charge < -0.3 is 19.5 Å². The van der Waals surface area contributed by atoms with Crippen LogP contribution in [0.25, 0.3) is 0 Å². The molecule has 116 valence electrons. The van der Waals surface area contributed by atoms with Crippen molar-refractivity contribution in [3.63, 3.8) is 0 Å². The molecule has 1 amide bonds. The van der Waals surface area contributed by atoms with Crippen LogP contribution in [0.2, 0.25) is 0 Å². The van der Waals surface area contributed by atoms with Crippen LogP contribution in [0.4, 0.5) is 5.69 Å². The van der Waals surface area contributed by atoms with E-state index in [2.05, 4.69) is 6.92 Å². The first kappa shape index (κ1) is 15.6. The van der Waals surface area contributed by atoms with Crippen LogP contribution in [0.5, 0.6) is 11.5 Å². The van der Waals surface area contributed by atoms with Crippen LogP contribution in [-0.2, 0) is 11.4 Å². The molecule has 0 saturated heterocycles. The SMILES string of the molecule is CCCCN1C(=O)C(C)Oc2c(OCC)cc(CO)cc21. The van der Waals surface area contributed by atoms with Crippen LogP contribution >= 0.6 is 0 Å². The van der Waals surface area contributed by atoms with Crippen molar-refractivity contribution in [1.29, 1.82) is 0 Å². The van der Waals surface area contributed by atoms with Crippen LogP contribution in [0.3, 0.4) is 0 Å². The summed E-state index contributed by atoms with van der Waals surface area (Å²) >= 11 is 0. The van der Waals surface area contributed by atoms with E-state index in [-0.39, 0.29) is 12.5 Å². The van der Waals surface area contributed by atoms with Gasteiger partial charge in [0.1, 0.15) is 0 Å². The van der Waals surface area contributed by atoms with Crippen LogP contribution in [0, 0.1) is 0 Å². The van der Waals surface area contributed by atoms with Crippen LogP contribution in [0.15, 0.2) is 12.1 Å². The molecule has 1 aromatic carbocycles. The van der Waals surface area contributed by atoms with E-state index in [0.717, 1.165) is 12.8 Å². The van der Waals surface area contributed by atoms with Gasteiger partial charge in [0.15, 0.2) is 17.6 Å². The first-order valence-corrected chi connectivity index (χ1v) is 7.50. The van der Waals surface area contributed by atoms with E-state index in [9.17, 15) is 9.90 Å². The minimum absolute atomic E-state index is 0.0477. The van der Waals surface area contributed by atoms with Crippen LogP contribution < -0.4 is 14.4 Å². The van der Waals surface area contributed by atoms with Crippen molar-refractivity contribution >= 4 is 11.6 Å². The zero-order chi connectivity index (χ0) is 15.4. The van der Waals surface area contributed by atoms with Gasteiger partial charge >= 0.3 is 0 Å². The number of unbranched alkanes of at least 4 members (excludes halogenated alkanes) is 1. The molecule has 1 atom stereocenters. The Balaban J connectivity index is 2.48. The number of fused-ring (bicyclic) bond motifs is 1. The lowest BCUT2D eigenvalue weighted by molar-refractivity contribution is -0.125. The number of rotatable bonds is 6. The lowest BCUT2D eigenvalue weighted by atomic mass is 10.1. The van der Waals surface area contributed by atoms with Gasteiger partial charge in [0.05, 0.1) is 18.9 Å². The van der Waals surface area contributed by atoms with E-state index in [1.54, 1.807) is 24.0 Å². The minimum Gasteiger partial charge on any atom is -0.490 e. The fourth-order valence-electron chi connectivity index (χ4n) is 2.43. The molecule has 2 rings (SSSR count). The highest BCUT2D eigenvalue weighted by Crippen LogP contribution is 2.43. The Labute approximate surface area is 125 Å². The zero-order valence-electron chi connectivity index (χ0n) is 12.9. The number of aliphatic hydroxyl groups is 1. The van der Waals surface area contributed by atoms with Gasteiger partial charge in [-0.25, -0.2) is 0 Å². The first-order valence-electron chi connectivity index (χ1n) is 7.50. The number of carbonyl (C=O) groups is 1. The summed E-state index contributed by atoms with van der Waals surface area (Å²) in [4.78, 5) is 14.1. The average Bonchev–Trinajstić information content (AvgIpc) is 2.48. The molecule has 0 bridgehead atoms. The molecule has 0 fully saturated rings. The first-order chi connectivity index (χ1) is 10.1. The predicted octanol–water partition coefficient (Wildman–Crippen LogP) is 2.49. The quantitative estimate of drug-likeness (QED) is 0.875. The van der Waals surface area contributed by atoms with Crippen molar-refractivity contribution in [2.75, 3.05) is 18.1 Å². The molecule has 0 radical (unpaired) electrons. The number of amides is 1. The number of hydrogen-bond acceptors (Lipinski definition) is 4. The van der Waals surface area contributed by atoms with Gasteiger partial charge in [-0.15, -0.1) is 0 Å². The monoisotopic (exact) mass is 293 g/mol. The highest BCUT2D eigenvalue weighted by atomic mass is 16.5. The third-order valence-corrected chi connectivity index (χ3v) is 3.51. The number of benzene rings is 1. The van der Waals surface area contributed by atoms with Crippen molar-refractivity contribution in [3.05, 3.63) is 17.7 Å². The van der Waals surface area contributed by atoms with E-state index < -0.39 is 6.10 Å². The van der Waals surface area contributed by atoms with E-state index in [4.69, 9.17) is 9.47 Å². The van der Waals surface area contributed by atoms with Crippen molar-refractivity contribution in [2.24, 2.45) is 0 Å². The molecule has 1 aromatic rings. The number of aliphatic hydroxyl groups excluding tert-OH is 1. The van der Waals surface area contributed by atoms with Crippen molar-refractivity contribution in [3.8, 4) is 11.5 Å². The summed E-state index contributed by atoms with van der Waals surface area (Å²) in [5, 5.41) is 9.41. The number of ether oxygens (including phenoxy) is 2. The molecular formula is C16H23NO4. The fourth-order valence-corrected chi connectivity index (χ4v) is 2.43. The number of anilines is 1. The summed E-state index contributed by atoms with van der Waals surface area (Å²) in [5.41, 5.74) is 1.41. The smallest absolute Gasteiger partial charge is 0.267 e. The van der Waals surface area contributed by atoms with E-state index >= 15 is 0 Å². The summed E-state index contributed by atoms with van der Waals surface area (Å²) in [7, 11) is 0. The van der Waals surface area contributed by atoms with Crippen molar-refractivity contribution in [2.45, 2.75) is 46.3 Å². The van der Waals surface area contributed by atoms with Gasteiger partial charge in [-0.1, -0.05) is 13.3 Å². The maximum absolute atomic E-state index is 12.4. The van der Waals surface area contributed by atoms with Gasteiger partial charge in [-0.3, -0.25) is 4.79 Å². The van der Waals surface area contributed by atoms with Gasteiger partial charge in [0.2, 0.25) is 0 Å². The van der Waals surface area contributed by atoms with E-state index in [1.165, 1.54) is 0 Å². The lowest BCUT2D eigenvalue weighted by Crippen LogP contribution is -2.45. The van der Waals surface area contributed by atoms with Gasteiger partial charge in [0.25, 0.3) is 5.91 Å². The summed E-state index contributed by atoms with van der Waals surface area (Å²) < 4.78 is 11.3. The molecule has 0 saturated carbocycles. The number of hydrogen-bond donors (Lipinski definition) is 1. The molecule has 0 aliphatic carbocycles. The van der Waals surface area contributed by atoms with Crippen molar-refractivity contribution < 1.29 is 19.4 Å². The number of carbonyl (C=O) groups excluding carboxylic acids is 1. The molecular weight excluding hydrogens is 270 g/mol. The predicted molar refractivity (Wildman–Crippen MR) is 80.9 cm³/mol. The van der Waals surface area contributed by atoms with E-state index in [0.29, 0.717) is 35.9 Å². The molecule has 0 spiro atoms. The standard InChI is InChI=1S/C16H23NO4/c1-4-6-7-17-13-8-12(10-18)9-14(20-5-2)15(13)21-11(3)16(17)19/h8-9,11,18H,4-7,10H2,1-3H3. The normalized spacial score (nSPS) is 17.4. The average molecular weight is 293 g/mol. The van der Waals surface area contributed by atoms with Gasteiger partial charge in [0, 0.05) is 6.54 Å². The molecule has 5 nitrogen and oxygen atoms in total. The van der Waals surface area contributed by atoms with Crippen LogP contribution in [0.1, 0.15) is 39.2 Å². The molecule has 0 aromatic heterocycles. The summed E-state index contributed by atoms with van der Waals surface area (Å²) in [6, 6.07) is 3.57. The Morgan fingerprint density at radius 2 is 2.14 bits per heavy atom. The Hall–Kier alpha value is -1.75. The lowest BCUT2D eigenvalue weighted by Gasteiger charge is -2.34. The highest BCUT2D eigenvalue weighted by molar-refractivity contribution is 6.00. The Morgan fingerprint density at radius 3 is 2.76 bits per heavy atom. The second-order valence-electron chi connectivity index (χ2n) is 5.14. The largest absolute Gasteiger partial charge is 0.490 e. The van der Waals surface area contributed by atoms with Crippen molar-refractivity contribution in [1.82, 2.24) is 0 Å². The van der Waals surface area contributed by atoms with E-state index in [1.807, 2.05) is 6.92 Å². The maximum atomic E-state index is 12.4. The maximum Gasteiger partial charge on any atom is 0.267 e.